The highest BCUT2D eigenvalue weighted by Crippen LogP contribution is 2.27. The molecule has 3 nitrogen and oxygen atoms in total. The number of likely N-dealkylation sites (tertiary alicyclic amines) is 1. The number of benzene rings is 1. The molecule has 0 spiro atoms. The van der Waals surface area contributed by atoms with E-state index in [1.54, 1.807) is 12.1 Å². The molecular weight excluding hydrogens is 243 g/mol. The molecule has 2 unspecified atom stereocenters. The Morgan fingerprint density at radius 1 is 1.37 bits per heavy atom. The summed E-state index contributed by atoms with van der Waals surface area (Å²) >= 11 is 0. The molecule has 0 radical (unpaired) electrons. The van der Waals surface area contributed by atoms with Gasteiger partial charge in [-0.05, 0) is 30.5 Å². The fourth-order valence-electron chi connectivity index (χ4n) is 2.69. The molecule has 2 N–H and O–H groups in total. The van der Waals surface area contributed by atoms with Gasteiger partial charge in [-0.3, -0.25) is 4.79 Å². The maximum absolute atomic E-state index is 12.9. The molecule has 104 valence electrons. The molecule has 1 amide bonds. The van der Waals surface area contributed by atoms with Gasteiger partial charge in [0.05, 0.1) is 0 Å². The maximum Gasteiger partial charge on any atom is 0.222 e. The van der Waals surface area contributed by atoms with E-state index >= 15 is 0 Å². The van der Waals surface area contributed by atoms with E-state index in [9.17, 15) is 9.18 Å². The standard InChI is InChI=1S/C15H21FN2O/c1-2-3-15(19)18-9-12(8-14(17)10-18)11-4-6-13(16)7-5-11/h4-7,12,14H,2-3,8-10,17H2,1H3. The fourth-order valence-corrected chi connectivity index (χ4v) is 2.69. The van der Waals surface area contributed by atoms with Crippen molar-refractivity contribution in [3.05, 3.63) is 35.6 Å². The van der Waals surface area contributed by atoms with E-state index in [1.807, 2.05) is 11.8 Å². The molecule has 1 saturated heterocycles. The summed E-state index contributed by atoms with van der Waals surface area (Å²) in [7, 11) is 0. The van der Waals surface area contributed by atoms with Gasteiger partial charge in [-0.2, -0.15) is 0 Å². The zero-order valence-corrected chi connectivity index (χ0v) is 11.3. The number of nitrogens with zero attached hydrogens (tertiary/aromatic N) is 1. The second kappa shape index (κ2) is 6.15. The first-order valence-electron chi connectivity index (χ1n) is 6.89. The Hall–Kier alpha value is -1.42. The first-order chi connectivity index (χ1) is 9.10. The summed E-state index contributed by atoms with van der Waals surface area (Å²) in [6.07, 6.45) is 2.27. The van der Waals surface area contributed by atoms with Crippen LogP contribution >= 0.6 is 0 Å². The summed E-state index contributed by atoms with van der Waals surface area (Å²) in [6, 6.07) is 6.52. The van der Waals surface area contributed by atoms with Crippen LogP contribution in [0.2, 0.25) is 0 Å². The van der Waals surface area contributed by atoms with Crippen molar-refractivity contribution >= 4 is 5.91 Å². The summed E-state index contributed by atoms with van der Waals surface area (Å²) in [4.78, 5) is 13.8. The maximum atomic E-state index is 12.9. The van der Waals surface area contributed by atoms with Crippen LogP contribution in [0.3, 0.4) is 0 Å². The highest BCUT2D eigenvalue weighted by atomic mass is 19.1. The van der Waals surface area contributed by atoms with Crippen LogP contribution in [0, 0.1) is 5.82 Å². The van der Waals surface area contributed by atoms with E-state index in [0.29, 0.717) is 19.5 Å². The van der Waals surface area contributed by atoms with Gasteiger partial charge in [-0.1, -0.05) is 19.1 Å². The predicted molar refractivity (Wildman–Crippen MR) is 73.2 cm³/mol. The average Bonchev–Trinajstić information content (AvgIpc) is 2.39. The van der Waals surface area contributed by atoms with Crippen molar-refractivity contribution in [1.29, 1.82) is 0 Å². The third-order valence-electron chi connectivity index (χ3n) is 3.64. The zero-order chi connectivity index (χ0) is 13.8. The molecule has 2 atom stereocenters. The summed E-state index contributed by atoms with van der Waals surface area (Å²) in [5, 5.41) is 0. The van der Waals surface area contributed by atoms with Crippen LogP contribution < -0.4 is 5.73 Å². The lowest BCUT2D eigenvalue weighted by Crippen LogP contribution is -2.48. The van der Waals surface area contributed by atoms with Crippen molar-refractivity contribution in [2.24, 2.45) is 5.73 Å². The number of carbonyl (C=O) groups is 1. The molecule has 0 aromatic heterocycles. The summed E-state index contributed by atoms with van der Waals surface area (Å²) in [5.74, 6) is 0.151. The van der Waals surface area contributed by atoms with Crippen LogP contribution in [0.1, 0.15) is 37.7 Å². The summed E-state index contributed by atoms with van der Waals surface area (Å²) < 4.78 is 12.9. The quantitative estimate of drug-likeness (QED) is 0.910. The molecule has 1 aromatic rings. The van der Waals surface area contributed by atoms with Crippen LogP contribution in [-0.4, -0.2) is 29.9 Å². The minimum Gasteiger partial charge on any atom is -0.341 e. The summed E-state index contributed by atoms with van der Waals surface area (Å²) in [5.41, 5.74) is 7.11. The van der Waals surface area contributed by atoms with Gasteiger partial charge in [0.2, 0.25) is 5.91 Å². The largest absolute Gasteiger partial charge is 0.341 e. The SMILES string of the molecule is CCCC(=O)N1CC(N)CC(c2ccc(F)cc2)C1. The number of amides is 1. The van der Waals surface area contributed by atoms with Crippen molar-refractivity contribution in [3.63, 3.8) is 0 Å². The highest BCUT2D eigenvalue weighted by molar-refractivity contribution is 5.76. The molecule has 2 rings (SSSR count). The first kappa shape index (κ1) is 14.0. The minimum absolute atomic E-state index is 0.00427. The van der Waals surface area contributed by atoms with Gasteiger partial charge in [-0.25, -0.2) is 4.39 Å². The van der Waals surface area contributed by atoms with Crippen molar-refractivity contribution in [1.82, 2.24) is 4.90 Å². The van der Waals surface area contributed by atoms with Crippen molar-refractivity contribution in [3.8, 4) is 0 Å². The van der Waals surface area contributed by atoms with Gasteiger partial charge >= 0.3 is 0 Å². The highest BCUT2D eigenvalue weighted by Gasteiger charge is 2.28. The second-order valence-electron chi connectivity index (χ2n) is 5.29. The molecule has 4 heteroatoms. The molecular formula is C15H21FN2O. The minimum atomic E-state index is -0.234. The van der Waals surface area contributed by atoms with Crippen LogP contribution in [-0.2, 0) is 4.79 Å². The van der Waals surface area contributed by atoms with Gasteiger partial charge in [0, 0.05) is 31.5 Å². The van der Waals surface area contributed by atoms with E-state index in [-0.39, 0.29) is 23.7 Å². The molecule has 1 aromatic carbocycles. The lowest BCUT2D eigenvalue weighted by atomic mass is 9.88. The van der Waals surface area contributed by atoms with Crippen molar-refractivity contribution in [2.75, 3.05) is 13.1 Å². The third-order valence-corrected chi connectivity index (χ3v) is 3.64. The van der Waals surface area contributed by atoms with Crippen molar-refractivity contribution < 1.29 is 9.18 Å². The smallest absolute Gasteiger partial charge is 0.222 e. The van der Waals surface area contributed by atoms with Gasteiger partial charge in [0.25, 0.3) is 0 Å². The van der Waals surface area contributed by atoms with E-state index in [1.165, 1.54) is 12.1 Å². The molecule has 1 heterocycles. The van der Waals surface area contributed by atoms with E-state index in [2.05, 4.69) is 0 Å². The average molecular weight is 264 g/mol. The number of nitrogens with two attached hydrogens (primary N) is 1. The molecule has 1 fully saturated rings. The van der Waals surface area contributed by atoms with Gasteiger partial charge in [0.1, 0.15) is 5.82 Å². The zero-order valence-electron chi connectivity index (χ0n) is 11.3. The van der Waals surface area contributed by atoms with Gasteiger partial charge in [0.15, 0.2) is 0 Å². The van der Waals surface area contributed by atoms with E-state index in [0.717, 1.165) is 18.4 Å². The number of carbonyl (C=O) groups excluding carboxylic acids is 1. The Kier molecular flexibility index (Phi) is 4.53. The molecule has 19 heavy (non-hydrogen) atoms. The Bertz CT molecular complexity index is 432. The monoisotopic (exact) mass is 264 g/mol. The molecule has 1 aliphatic heterocycles. The first-order valence-corrected chi connectivity index (χ1v) is 6.89. The van der Waals surface area contributed by atoms with Crippen LogP contribution in [0.25, 0.3) is 0 Å². The number of rotatable bonds is 3. The fraction of sp³-hybridized carbons (Fsp3) is 0.533. The van der Waals surface area contributed by atoms with Gasteiger partial charge < -0.3 is 10.6 Å². The molecule has 0 bridgehead atoms. The Labute approximate surface area is 113 Å². The van der Waals surface area contributed by atoms with Crippen LogP contribution in [0.4, 0.5) is 4.39 Å². The number of halogens is 1. The Morgan fingerprint density at radius 2 is 2.05 bits per heavy atom. The van der Waals surface area contributed by atoms with E-state index < -0.39 is 0 Å². The normalized spacial score (nSPS) is 23.4. The molecule has 1 aliphatic rings. The van der Waals surface area contributed by atoms with E-state index in [4.69, 9.17) is 5.73 Å². The van der Waals surface area contributed by atoms with Crippen LogP contribution in [0.15, 0.2) is 24.3 Å². The van der Waals surface area contributed by atoms with Gasteiger partial charge in [-0.15, -0.1) is 0 Å². The molecule has 0 saturated carbocycles. The lowest BCUT2D eigenvalue weighted by molar-refractivity contribution is -0.132. The van der Waals surface area contributed by atoms with Crippen LogP contribution in [0.5, 0.6) is 0 Å². The Balaban J connectivity index is 2.09. The third kappa shape index (κ3) is 3.53. The van der Waals surface area contributed by atoms with Crippen molar-refractivity contribution in [2.45, 2.75) is 38.1 Å². The summed E-state index contributed by atoms with van der Waals surface area (Å²) in [6.45, 7) is 3.33. The lowest BCUT2D eigenvalue weighted by Gasteiger charge is -2.36. The number of hydrogen-bond donors (Lipinski definition) is 1. The number of hydrogen-bond acceptors (Lipinski definition) is 2. The number of piperidine rings is 1. The molecule has 0 aliphatic carbocycles. The Morgan fingerprint density at radius 3 is 2.68 bits per heavy atom. The predicted octanol–water partition coefficient (Wildman–Crippen LogP) is 2.27. The topological polar surface area (TPSA) is 46.3 Å². The second-order valence-corrected chi connectivity index (χ2v) is 5.29.